The number of para-hydroxylation sites is 1. The molecule has 0 aliphatic rings. The third kappa shape index (κ3) is 1.18. The molecule has 0 aliphatic carbocycles. The fourth-order valence-corrected chi connectivity index (χ4v) is 3.44. The maximum absolute atomic E-state index is 12.9. The maximum atomic E-state index is 12.9. The Balaban J connectivity index is 2.34. The standard InChI is InChI=1S/C18H10N2O2/c21-18-14-7-2-1-6-12(14)16-17-13(9-10-19(16)22)11-5-3-4-8-15(11)20(17)18/h1-10H. The van der Waals surface area contributed by atoms with E-state index >= 15 is 0 Å². The van der Waals surface area contributed by atoms with Crippen LogP contribution in [-0.2, 0) is 0 Å². The van der Waals surface area contributed by atoms with E-state index in [1.165, 1.54) is 6.20 Å². The Morgan fingerprint density at radius 1 is 0.818 bits per heavy atom. The molecule has 0 radical (unpaired) electrons. The van der Waals surface area contributed by atoms with Crippen molar-refractivity contribution in [3.63, 3.8) is 0 Å². The van der Waals surface area contributed by atoms with Crippen LogP contribution in [0.3, 0.4) is 0 Å². The molecule has 0 fully saturated rings. The molecule has 4 nitrogen and oxygen atoms in total. The van der Waals surface area contributed by atoms with Crippen molar-refractivity contribution in [2.75, 3.05) is 0 Å². The van der Waals surface area contributed by atoms with Crippen LogP contribution in [0.5, 0.6) is 0 Å². The maximum Gasteiger partial charge on any atom is 0.263 e. The quantitative estimate of drug-likeness (QED) is 0.250. The molecule has 0 bridgehead atoms. The topological polar surface area (TPSA) is 48.4 Å². The van der Waals surface area contributed by atoms with Crippen LogP contribution in [0.2, 0.25) is 0 Å². The summed E-state index contributed by atoms with van der Waals surface area (Å²) in [5, 5.41) is 15.6. The molecule has 0 saturated heterocycles. The lowest BCUT2D eigenvalue weighted by molar-refractivity contribution is -0.576. The van der Waals surface area contributed by atoms with Gasteiger partial charge in [0.15, 0.2) is 6.20 Å². The molecular formula is C18H10N2O2. The predicted octanol–water partition coefficient (Wildman–Crippen LogP) is 2.83. The third-order valence-electron chi connectivity index (χ3n) is 4.35. The van der Waals surface area contributed by atoms with E-state index in [4.69, 9.17) is 0 Å². The Labute approximate surface area is 124 Å². The molecule has 3 aromatic heterocycles. The Morgan fingerprint density at radius 3 is 2.32 bits per heavy atom. The van der Waals surface area contributed by atoms with Gasteiger partial charge in [-0.3, -0.25) is 9.20 Å². The van der Waals surface area contributed by atoms with E-state index in [9.17, 15) is 10.0 Å². The second-order valence-electron chi connectivity index (χ2n) is 5.46. The number of hydrogen-bond acceptors (Lipinski definition) is 2. The van der Waals surface area contributed by atoms with Crippen molar-refractivity contribution in [2.45, 2.75) is 0 Å². The van der Waals surface area contributed by atoms with Gasteiger partial charge in [-0.2, -0.15) is 4.73 Å². The van der Waals surface area contributed by atoms with Gasteiger partial charge in [-0.05, 0) is 18.2 Å². The summed E-state index contributed by atoms with van der Waals surface area (Å²) in [4.78, 5) is 12.9. The van der Waals surface area contributed by atoms with Crippen LogP contribution >= 0.6 is 0 Å². The molecule has 4 heteroatoms. The van der Waals surface area contributed by atoms with Gasteiger partial charge in [0, 0.05) is 16.8 Å². The highest BCUT2D eigenvalue weighted by molar-refractivity contribution is 6.17. The minimum absolute atomic E-state index is 0.0829. The molecule has 0 unspecified atom stereocenters. The average molecular weight is 286 g/mol. The van der Waals surface area contributed by atoms with Crippen molar-refractivity contribution in [3.05, 3.63) is 76.4 Å². The monoisotopic (exact) mass is 286 g/mol. The summed E-state index contributed by atoms with van der Waals surface area (Å²) < 4.78 is 2.51. The van der Waals surface area contributed by atoms with Crippen LogP contribution in [-0.4, -0.2) is 4.40 Å². The van der Waals surface area contributed by atoms with E-state index in [0.717, 1.165) is 21.0 Å². The molecule has 0 atom stereocenters. The van der Waals surface area contributed by atoms with Gasteiger partial charge in [0.05, 0.1) is 16.3 Å². The lowest BCUT2D eigenvalue weighted by atomic mass is 10.1. The highest BCUT2D eigenvalue weighted by Gasteiger charge is 2.21. The second-order valence-corrected chi connectivity index (χ2v) is 5.46. The first-order chi connectivity index (χ1) is 10.8. The van der Waals surface area contributed by atoms with E-state index < -0.39 is 0 Å². The minimum atomic E-state index is -0.0829. The number of aromatic nitrogens is 2. The van der Waals surface area contributed by atoms with Gasteiger partial charge in [-0.25, -0.2) is 0 Å². The summed E-state index contributed by atoms with van der Waals surface area (Å²) in [5.74, 6) is 0. The van der Waals surface area contributed by atoms with Crippen LogP contribution in [0.25, 0.3) is 38.1 Å². The van der Waals surface area contributed by atoms with Crippen molar-refractivity contribution in [2.24, 2.45) is 0 Å². The molecule has 2 aromatic carbocycles. The molecule has 5 rings (SSSR count). The fraction of sp³-hybridized carbons (Fsp3) is 0. The first kappa shape index (κ1) is 11.5. The highest BCUT2D eigenvalue weighted by atomic mass is 16.5. The van der Waals surface area contributed by atoms with Gasteiger partial charge in [0.25, 0.3) is 5.56 Å². The number of nitrogens with zero attached hydrogens (tertiary/aromatic N) is 2. The van der Waals surface area contributed by atoms with E-state index in [1.807, 2.05) is 42.5 Å². The molecule has 0 N–H and O–H groups in total. The largest absolute Gasteiger partial charge is 0.618 e. The van der Waals surface area contributed by atoms with Gasteiger partial charge >= 0.3 is 0 Å². The number of pyridine rings is 2. The molecular weight excluding hydrogens is 276 g/mol. The summed E-state index contributed by atoms with van der Waals surface area (Å²) in [6, 6.07) is 16.8. The highest BCUT2D eigenvalue weighted by Crippen LogP contribution is 2.31. The van der Waals surface area contributed by atoms with Crippen LogP contribution in [0.4, 0.5) is 0 Å². The van der Waals surface area contributed by atoms with Crippen molar-refractivity contribution < 1.29 is 4.73 Å². The summed E-state index contributed by atoms with van der Waals surface area (Å²) in [6.07, 6.45) is 1.51. The smallest absolute Gasteiger partial charge is 0.263 e. The van der Waals surface area contributed by atoms with Crippen LogP contribution in [0.1, 0.15) is 0 Å². The minimum Gasteiger partial charge on any atom is -0.618 e. The molecule has 22 heavy (non-hydrogen) atoms. The molecule has 0 amide bonds. The summed E-state index contributed by atoms with van der Waals surface area (Å²) in [6.45, 7) is 0. The molecule has 3 heterocycles. The SMILES string of the molecule is O=c1c2ccccc2c2c3c(cc[n+]2[O-])c2ccccc2n13. The molecule has 0 saturated carbocycles. The molecule has 0 aliphatic heterocycles. The van der Waals surface area contributed by atoms with E-state index in [1.54, 1.807) is 16.5 Å². The zero-order valence-corrected chi connectivity index (χ0v) is 11.5. The van der Waals surface area contributed by atoms with Gasteiger partial charge in [-0.15, -0.1) is 0 Å². The van der Waals surface area contributed by atoms with Gasteiger partial charge < -0.3 is 5.21 Å². The molecule has 5 aromatic rings. The fourth-order valence-electron chi connectivity index (χ4n) is 3.44. The Hall–Kier alpha value is -3.14. The van der Waals surface area contributed by atoms with Crippen LogP contribution in [0.15, 0.2) is 65.6 Å². The first-order valence-electron chi connectivity index (χ1n) is 7.07. The van der Waals surface area contributed by atoms with E-state index in [2.05, 4.69) is 0 Å². The first-order valence-corrected chi connectivity index (χ1v) is 7.07. The third-order valence-corrected chi connectivity index (χ3v) is 4.35. The summed E-state index contributed by atoms with van der Waals surface area (Å²) in [7, 11) is 0. The summed E-state index contributed by atoms with van der Waals surface area (Å²) >= 11 is 0. The zero-order valence-electron chi connectivity index (χ0n) is 11.5. The number of hydrogen-bond donors (Lipinski definition) is 0. The van der Waals surface area contributed by atoms with Gasteiger partial charge in [-0.1, -0.05) is 30.3 Å². The molecule has 104 valence electrons. The predicted molar refractivity (Wildman–Crippen MR) is 86.3 cm³/mol. The zero-order chi connectivity index (χ0) is 14.8. The second kappa shape index (κ2) is 3.74. The number of benzene rings is 2. The normalized spacial score (nSPS) is 12.0. The van der Waals surface area contributed by atoms with Gasteiger partial charge in [0.1, 0.15) is 5.52 Å². The van der Waals surface area contributed by atoms with E-state index in [-0.39, 0.29) is 5.56 Å². The Morgan fingerprint density at radius 2 is 1.50 bits per heavy atom. The molecule has 0 spiro atoms. The van der Waals surface area contributed by atoms with Crippen LogP contribution in [0, 0.1) is 5.21 Å². The Kier molecular flexibility index (Phi) is 1.96. The lowest BCUT2D eigenvalue weighted by Gasteiger charge is -2.06. The van der Waals surface area contributed by atoms with Crippen molar-refractivity contribution in [1.82, 2.24) is 4.40 Å². The summed E-state index contributed by atoms with van der Waals surface area (Å²) in [5.41, 5.74) is 2.00. The van der Waals surface area contributed by atoms with Gasteiger partial charge in [0.2, 0.25) is 5.52 Å². The van der Waals surface area contributed by atoms with Crippen LogP contribution < -0.4 is 10.3 Å². The van der Waals surface area contributed by atoms with Crippen molar-refractivity contribution in [1.29, 1.82) is 0 Å². The number of rotatable bonds is 0. The Bertz CT molecular complexity index is 1250. The van der Waals surface area contributed by atoms with Crippen molar-refractivity contribution >= 4 is 38.1 Å². The number of fused-ring (bicyclic) bond motifs is 5. The van der Waals surface area contributed by atoms with E-state index in [0.29, 0.717) is 21.8 Å². The average Bonchev–Trinajstić information content (AvgIpc) is 2.89. The lowest BCUT2D eigenvalue weighted by Crippen LogP contribution is -2.28. The van der Waals surface area contributed by atoms with Crippen molar-refractivity contribution in [3.8, 4) is 0 Å².